The van der Waals surface area contributed by atoms with Crippen molar-refractivity contribution < 1.29 is 8.42 Å². The van der Waals surface area contributed by atoms with Gasteiger partial charge in [-0.2, -0.15) is 0 Å². The highest BCUT2D eigenvalue weighted by Gasteiger charge is 2.11. The van der Waals surface area contributed by atoms with E-state index in [1.807, 2.05) is 31.2 Å². The van der Waals surface area contributed by atoms with Crippen molar-refractivity contribution in [3.8, 4) is 0 Å². The molecule has 1 aliphatic rings. The second-order valence-electron chi connectivity index (χ2n) is 5.50. The Morgan fingerprint density at radius 3 is 2.55 bits per heavy atom. The Hall–Kier alpha value is -1.13. The van der Waals surface area contributed by atoms with E-state index in [4.69, 9.17) is 0 Å². The lowest BCUT2D eigenvalue weighted by molar-refractivity contribution is 0.578. The first-order chi connectivity index (χ1) is 9.55. The number of rotatable bonds is 6. The molecule has 110 valence electrons. The monoisotopic (exact) mass is 293 g/mol. The number of nitrogens with one attached hydrogen (secondary N) is 1. The van der Waals surface area contributed by atoms with Gasteiger partial charge in [-0.1, -0.05) is 41.5 Å². The van der Waals surface area contributed by atoms with E-state index in [0.717, 1.165) is 30.4 Å². The van der Waals surface area contributed by atoms with Gasteiger partial charge in [-0.15, -0.1) is 0 Å². The molecule has 0 heterocycles. The first-order valence-electron chi connectivity index (χ1n) is 7.26. The molecule has 1 aromatic rings. The first kappa shape index (κ1) is 15.3. The van der Waals surface area contributed by atoms with Gasteiger partial charge >= 0.3 is 0 Å². The third-order valence-corrected chi connectivity index (χ3v) is 4.99. The molecule has 1 aromatic carbocycles. The van der Waals surface area contributed by atoms with Crippen LogP contribution in [0.2, 0.25) is 0 Å². The van der Waals surface area contributed by atoms with Crippen LogP contribution in [0, 0.1) is 6.92 Å². The number of hydrogen-bond acceptors (Lipinski definition) is 2. The summed E-state index contributed by atoms with van der Waals surface area (Å²) in [5.74, 6) is 0.0618. The van der Waals surface area contributed by atoms with Gasteiger partial charge in [-0.3, -0.25) is 0 Å². The summed E-state index contributed by atoms with van der Waals surface area (Å²) in [5, 5.41) is 0. The molecule has 0 saturated carbocycles. The summed E-state index contributed by atoms with van der Waals surface area (Å²) < 4.78 is 26.7. The molecule has 2 rings (SSSR count). The maximum absolute atomic E-state index is 12.0. The fourth-order valence-corrected chi connectivity index (χ4v) is 3.60. The Morgan fingerprint density at radius 1 is 1.15 bits per heavy atom. The van der Waals surface area contributed by atoms with Crippen molar-refractivity contribution in [2.75, 3.05) is 6.54 Å². The lowest BCUT2D eigenvalue weighted by Gasteiger charge is -2.13. The van der Waals surface area contributed by atoms with Gasteiger partial charge in [0, 0.05) is 6.54 Å². The van der Waals surface area contributed by atoms with E-state index >= 15 is 0 Å². The fraction of sp³-hybridized carbons (Fsp3) is 0.500. The first-order valence-corrected chi connectivity index (χ1v) is 8.91. The molecule has 1 aliphatic carbocycles. The Kier molecular flexibility index (Phi) is 5.38. The highest BCUT2D eigenvalue weighted by atomic mass is 32.2. The molecule has 0 saturated heterocycles. The van der Waals surface area contributed by atoms with Crippen LogP contribution in [0.25, 0.3) is 0 Å². The van der Waals surface area contributed by atoms with E-state index in [-0.39, 0.29) is 5.75 Å². The smallest absolute Gasteiger partial charge is 0.215 e. The number of aryl methyl sites for hydroxylation is 1. The molecule has 4 heteroatoms. The van der Waals surface area contributed by atoms with Crippen LogP contribution < -0.4 is 4.72 Å². The van der Waals surface area contributed by atoms with Crippen molar-refractivity contribution in [2.24, 2.45) is 0 Å². The van der Waals surface area contributed by atoms with Crippen molar-refractivity contribution >= 4 is 10.0 Å². The minimum absolute atomic E-state index is 0.0618. The Labute approximate surface area is 122 Å². The molecule has 0 fully saturated rings. The largest absolute Gasteiger partial charge is 0.215 e. The molecule has 0 bridgehead atoms. The molecular weight excluding hydrogens is 270 g/mol. The third-order valence-electron chi connectivity index (χ3n) is 3.63. The molecule has 0 spiro atoms. The fourth-order valence-electron chi connectivity index (χ4n) is 2.45. The predicted octanol–water partition coefficient (Wildman–Crippen LogP) is 3.30. The number of hydrogen-bond donors (Lipinski definition) is 1. The van der Waals surface area contributed by atoms with E-state index < -0.39 is 10.0 Å². The van der Waals surface area contributed by atoms with Crippen molar-refractivity contribution in [3.63, 3.8) is 0 Å². The van der Waals surface area contributed by atoms with Gasteiger partial charge in [0.2, 0.25) is 10.0 Å². The molecule has 0 unspecified atom stereocenters. The summed E-state index contributed by atoms with van der Waals surface area (Å²) in [6.07, 6.45) is 7.88. The number of allylic oxidation sites excluding steroid dienone is 1. The van der Waals surface area contributed by atoms with Gasteiger partial charge in [0.25, 0.3) is 0 Å². The van der Waals surface area contributed by atoms with Crippen molar-refractivity contribution in [3.05, 3.63) is 47.0 Å². The number of sulfonamides is 1. The van der Waals surface area contributed by atoms with Crippen LogP contribution in [-0.2, 0) is 15.8 Å². The second kappa shape index (κ2) is 7.04. The zero-order chi connectivity index (χ0) is 14.4. The maximum atomic E-state index is 12.0. The molecule has 0 amide bonds. The van der Waals surface area contributed by atoms with Gasteiger partial charge in [-0.05, 0) is 44.6 Å². The summed E-state index contributed by atoms with van der Waals surface area (Å²) in [7, 11) is -3.23. The van der Waals surface area contributed by atoms with E-state index in [0.29, 0.717) is 6.54 Å². The van der Waals surface area contributed by atoms with Crippen LogP contribution in [0.4, 0.5) is 0 Å². The summed E-state index contributed by atoms with van der Waals surface area (Å²) in [6, 6.07) is 7.63. The van der Waals surface area contributed by atoms with E-state index in [1.165, 1.54) is 18.4 Å². The molecule has 20 heavy (non-hydrogen) atoms. The Bertz CT molecular complexity index is 559. The van der Waals surface area contributed by atoms with Crippen LogP contribution in [-0.4, -0.2) is 15.0 Å². The highest BCUT2D eigenvalue weighted by molar-refractivity contribution is 7.88. The van der Waals surface area contributed by atoms with Gasteiger partial charge in [0.1, 0.15) is 0 Å². The average molecular weight is 293 g/mol. The van der Waals surface area contributed by atoms with Gasteiger partial charge in [0.15, 0.2) is 0 Å². The van der Waals surface area contributed by atoms with Crippen molar-refractivity contribution in [1.82, 2.24) is 4.72 Å². The predicted molar refractivity (Wildman–Crippen MR) is 83.0 cm³/mol. The molecule has 0 aliphatic heterocycles. The number of benzene rings is 1. The van der Waals surface area contributed by atoms with E-state index in [1.54, 1.807) is 0 Å². The molecule has 0 aromatic heterocycles. The summed E-state index contributed by atoms with van der Waals surface area (Å²) in [4.78, 5) is 0. The lowest BCUT2D eigenvalue weighted by Crippen LogP contribution is -2.26. The van der Waals surface area contributed by atoms with E-state index in [2.05, 4.69) is 10.8 Å². The zero-order valence-electron chi connectivity index (χ0n) is 12.1. The van der Waals surface area contributed by atoms with E-state index in [9.17, 15) is 8.42 Å². The van der Waals surface area contributed by atoms with Crippen LogP contribution in [0.1, 0.15) is 43.2 Å². The van der Waals surface area contributed by atoms with Gasteiger partial charge in [0.05, 0.1) is 5.75 Å². The van der Waals surface area contributed by atoms with Gasteiger partial charge in [-0.25, -0.2) is 13.1 Å². The Balaban J connectivity index is 1.81. The average Bonchev–Trinajstić information content (AvgIpc) is 2.42. The van der Waals surface area contributed by atoms with Crippen molar-refractivity contribution in [1.29, 1.82) is 0 Å². The topological polar surface area (TPSA) is 46.2 Å². The minimum Gasteiger partial charge on any atom is -0.215 e. The summed E-state index contributed by atoms with van der Waals surface area (Å²) in [5.41, 5.74) is 3.37. The van der Waals surface area contributed by atoms with Crippen LogP contribution in [0.5, 0.6) is 0 Å². The molecule has 1 N–H and O–H groups in total. The van der Waals surface area contributed by atoms with Crippen LogP contribution in [0.15, 0.2) is 35.9 Å². The summed E-state index contributed by atoms with van der Waals surface area (Å²) >= 11 is 0. The lowest BCUT2D eigenvalue weighted by atomic mass is 9.97. The summed E-state index contributed by atoms with van der Waals surface area (Å²) in [6.45, 7) is 2.51. The quantitative estimate of drug-likeness (QED) is 0.818. The third kappa shape index (κ3) is 5.10. The normalized spacial score (nSPS) is 15.9. The second-order valence-corrected chi connectivity index (χ2v) is 7.30. The Morgan fingerprint density at radius 2 is 1.90 bits per heavy atom. The minimum atomic E-state index is -3.23. The highest BCUT2D eigenvalue weighted by Crippen LogP contribution is 2.19. The SMILES string of the molecule is Cc1ccc(CS(=O)(=O)NCCC2=CCCCC2)cc1. The van der Waals surface area contributed by atoms with Gasteiger partial charge < -0.3 is 0 Å². The maximum Gasteiger partial charge on any atom is 0.215 e. The van der Waals surface area contributed by atoms with Crippen LogP contribution >= 0.6 is 0 Å². The molecule has 0 radical (unpaired) electrons. The molecule has 0 atom stereocenters. The molecular formula is C16H23NO2S. The molecule has 3 nitrogen and oxygen atoms in total. The van der Waals surface area contributed by atoms with Crippen LogP contribution in [0.3, 0.4) is 0 Å². The van der Waals surface area contributed by atoms with Crippen molar-refractivity contribution in [2.45, 2.75) is 44.8 Å². The zero-order valence-corrected chi connectivity index (χ0v) is 12.9. The standard InChI is InChI=1S/C16H23NO2S/c1-14-7-9-16(10-8-14)13-20(18,19)17-12-11-15-5-3-2-4-6-15/h5,7-10,17H,2-4,6,11-13H2,1H3.